The summed E-state index contributed by atoms with van der Waals surface area (Å²) in [5.41, 5.74) is 11.7. The van der Waals surface area contributed by atoms with Crippen molar-refractivity contribution in [2.24, 2.45) is 11.5 Å². The number of phenols is 2. The van der Waals surface area contributed by atoms with Crippen molar-refractivity contribution in [3.63, 3.8) is 0 Å². The highest BCUT2D eigenvalue weighted by molar-refractivity contribution is 6.04. The van der Waals surface area contributed by atoms with E-state index in [9.17, 15) is 19.8 Å². The van der Waals surface area contributed by atoms with Crippen LogP contribution in [0, 0.1) is 0 Å². The largest absolute Gasteiger partial charge is 0.507 e. The molecule has 0 saturated heterocycles. The fraction of sp³-hybridized carbons (Fsp3) is 0.0435. The first-order valence-corrected chi connectivity index (χ1v) is 8.95. The summed E-state index contributed by atoms with van der Waals surface area (Å²) in [6.07, 6.45) is 0.0704. The van der Waals surface area contributed by atoms with E-state index in [2.05, 4.69) is 0 Å². The van der Waals surface area contributed by atoms with Crippen molar-refractivity contribution >= 4 is 33.4 Å². The predicted octanol–water partition coefficient (Wildman–Crippen LogP) is 3.19. The van der Waals surface area contributed by atoms with E-state index in [1.807, 2.05) is 48.5 Å². The van der Waals surface area contributed by atoms with Crippen LogP contribution in [-0.2, 0) is 6.42 Å². The predicted molar refractivity (Wildman–Crippen MR) is 111 cm³/mol. The van der Waals surface area contributed by atoms with Crippen molar-refractivity contribution in [2.75, 3.05) is 0 Å². The van der Waals surface area contributed by atoms with Gasteiger partial charge in [0.15, 0.2) is 0 Å². The van der Waals surface area contributed by atoms with Crippen LogP contribution in [0.2, 0.25) is 0 Å². The minimum Gasteiger partial charge on any atom is -0.507 e. The highest BCUT2D eigenvalue weighted by atomic mass is 16.3. The molecular weight excluding hydrogens is 368 g/mol. The van der Waals surface area contributed by atoms with Crippen molar-refractivity contribution in [3.8, 4) is 11.5 Å². The summed E-state index contributed by atoms with van der Waals surface area (Å²) >= 11 is 0. The lowest BCUT2D eigenvalue weighted by Gasteiger charge is -2.16. The molecule has 6 nitrogen and oxygen atoms in total. The van der Waals surface area contributed by atoms with Gasteiger partial charge < -0.3 is 21.7 Å². The van der Waals surface area contributed by atoms with E-state index in [4.69, 9.17) is 11.5 Å². The molecule has 6 heteroatoms. The van der Waals surface area contributed by atoms with Crippen LogP contribution in [0.3, 0.4) is 0 Å². The second kappa shape index (κ2) is 6.83. The van der Waals surface area contributed by atoms with Gasteiger partial charge in [-0.3, -0.25) is 9.59 Å². The molecule has 4 aromatic rings. The number of hydrogen-bond acceptors (Lipinski definition) is 4. The second-order valence-electron chi connectivity index (χ2n) is 6.85. The van der Waals surface area contributed by atoms with Crippen molar-refractivity contribution in [3.05, 3.63) is 82.9 Å². The SMILES string of the molecule is NC(=O)c1cc2ccccc2c(Cc2c(O)c(C(N)=O)cc3ccccc23)c1O. The quantitative estimate of drug-likeness (QED) is 0.429. The van der Waals surface area contributed by atoms with E-state index in [1.165, 1.54) is 12.1 Å². The molecular formula is C23H18N2O4. The maximum Gasteiger partial charge on any atom is 0.252 e. The average Bonchev–Trinajstić information content (AvgIpc) is 2.70. The van der Waals surface area contributed by atoms with Gasteiger partial charge in [-0.2, -0.15) is 0 Å². The van der Waals surface area contributed by atoms with E-state index >= 15 is 0 Å². The van der Waals surface area contributed by atoms with Crippen LogP contribution in [0.15, 0.2) is 60.7 Å². The summed E-state index contributed by atoms with van der Waals surface area (Å²) in [5, 5.41) is 24.4. The Morgan fingerprint density at radius 2 is 1.07 bits per heavy atom. The van der Waals surface area contributed by atoms with Crippen LogP contribution in [-0.4, -0.2) is 22.0 Å². The minimum atomic E-state index is -0.755. The first-order chi connectivity index (χ1) is 13.9. The Balaban J connectivity index is 2.05. The lowest BCUT2D eigenvalue weighted by Crippen LogP contribution is -2.13. The van der Waals surface area contributed by atoms with Crippen LogP contribution < -0.4 is 11.5 Å². The molecule has 144 valence electrons. The number of nitrogens with two attached hydrogens (primary N) is 2. The van der Waals surface area contributed by atoms with Gasteiger partial charge in [-0.05, 0) is 33.7 Å². The van der Waals surface area contributed by atoms with E-state index in [0.717, 1.165) is 10.8 Å². The van der Waals surface area contributed by atoms with Gasteiger partial charge in [0.25, 0.3) is 11.8 Å². The fourth-order valence-electron chi connectivity index (χ4n) is 3.73. The topological polar surface area (TPSA) is 127 Å². The van der Waals surface area contributed by atoms with Crippen molar-refractivity contribution in [2.45, 2.75) is 6.42 Å². The number of hydrogen-bond donors (Lipinski definition) is 4. The van der Waals surface area contributed by atoms with Gasteiger partial charge in [-0.25, -0.2) is 0 Å². The number of primary amides is 2. The molecule has 0 saturated carbocycles. The van der Waals surface area contributed by atoms with Gasteiger partial charge in [-0.1, -0.05) is 48.5 Å². The van der Waals surface area contributed by atoms with Crippen LogP contribution in [0.5, 0.6) is 11.5 Å². The number of rotatable bonds is 4. The number of carbonyl (C=O) groups excluding carboxylic acids is 2. The molecule has 0 aromatic heterocycles. The Kier molecular flexibility index (Phi) is 4.31. The second-order valence-corrected chi connectivity index (χ2v) is 6.85. The third-order valence-electron chi connectivity index (χ3n) is 5.14. The number of amides is 2. The zero-order chi connectivity index (χ0) is 20.7. The smallest absolute Gasteiger partial charge is 0.252 e. The van der Waals surface area contributed by atoms with Crippen LogP contribution >= 0.6 is 0 Å². The summed E-state index contributed by atoms with van der Waals surface area (Å²) in [7, 11) is 0. The standard InChI is InChI=1S/C23H18N2O4/c24-22(28)18-9-12-5-1-3-7-14(12)16(20(18)26)11-17-15-8-4-2-6-13(15)10-19(21(17)27)23(25)29/h1-10,26-27H,11H2,(H2,24,28)(H2,25,29). The molecule has 0 unspecified atom stereocenters. The van der Waals surface area contributed by atoms with E-state index in [1.54, 1.807) is 0 Å². The van der Waals surface area contributed by atoms with Crippen LogP contribution in [0.4, 0.5) is 0 Å². The highest BCUT2D eigenvalue weighted by Crippen LogP contribution is 2.38. The first kappa shape index (κ1) is 18.3. The van der Waals surface area contributed by atoms with Gasteiger partial charge >= 0.3 is 0 Å². The third-order valence-corrected chi connectivity index (χ3v) is 5.14. The van der Waals surface area contributed by atoms with Gasteiger partial charge in [0, 0.05) is 17.5 Å². The van der Waals surface area contributed by atoms with E-state index in [0.29, 0.717) is 21.9 Å². The minimum absolute atomic E-state index is 0.00597. The average molecular weight is 386 g/mol. The Morgan fingerprint density at radius 1 is 0.690 bits per heavy atom. The number of benzene rings is 4. The number of fused-ring (bicyclic) bond motifs is 2. The summed E-state index contributed by atoms with van der Waals surface area (Å²) in [6, 6.07) is 17.6. The lowest BCUT2D eigenvalue weighted by atomic mass is 9.90. The Hall–Kier alpha value is -4.06. The molecule has 4 aromatic carbocycles. The molecule has 0 bridgehead atoms. The zero-order valence-electron chi connectivity index (χ0n) is 15.3. The Labute approximate surface area is 166 Å². The number of aromatic hydroxyl groups is 2. The molecule has 0 radical (unpaired) electrons. The zero-order valence-corrected chi connectivity index (χ0v) is 15.3. The normalized spacial score (nSPS) is 11.0. The van der Waals surface area contributed by atoms with E-state index in [-0.39, 0.29) is 29.0 Å². The van der Waals surface area contributed by atoms with Gasteiger partial charge in [0.1, 0.15) is 11.5 Å². The van der Waals surface area contributed by atoms with Gasteiger partial charge in [-0.15, -0.1) is 0 Å². The molecule has 0 aliphatic heterocycles. The van der Waals surface area contributed by atoms with E-state index < -0.39 is 11.8 Å². The molecule has 0 aliphatic carbocycles. The Bertz CT molecular complexity index is 1210. The van der Waals surface area contributed by atoms with Crippen molar-refractivity contribution in [1.29, 1.82) is 0 Å². The third kappa shape index (κ3) is 3.00. The van der Waals surface area contributed by atoms with Crippen molar-refractivity contribution < 1.29 is 19.8 Å². The van der Waals surface area contributed by atoms with Crippen molar-refractivity contribution in [1.82, 2.24) is 0 Å². The number of carbonyl (C=O) groups is 2. The first-order valence-electron chi connectivity index (χ1n) is 8.95. The maximum absolute atomic E-state index is 11.8. The molecule has 0 fully saturated rings. The molecule has 6 N–H and O–H groups in total. The summed E-state index contributed by atoms with van der Waals surface area (Å²) in [5.74, 6) is -2.00. The molecule has 0 heterocycles. The van der Waals surface area contributed by atoms with Crippen LogP contribution in [0.25, 0.3) is 21.5 Å². The monoisotopic (exact) mass is 386 g/mol. The summed E-state index contributed by atoms with van der Waals surface area (Å²) < 4.78 is 0. The molecule has 0 spiro atoms. The molecule has 2 amide bonds. The molecule has 0 aliphatic rings. The van der Waals surface area contributed by atoms with Gasteiger partial charge in [0.2, 0.25) is 0 Å². The maximum atomic E-state index is 11.8. The fourth-order valence-corrected chi connectivity index (χ4v) is 3.73. The summed E-state index contributed by atoms with van der Waals surface area (Å²) in [6.45, 7) is 0. The highest BCUT2D eigenvalue weighted by Gasteiger charge is 2.21. The molecule has 0 atom stereocenters. The Morgan fingerprint density at radius 3 is 1.45 bits per heavy atom. The lowest BCUT2D eigenvalue weighted by molar-refractivity contribution is 0.0989. The van der Waals surface area contributed by atoms with Crippen LogP contribution in [0.1, 0.15) is 31.8 Å². The summed E-state index contributed by atoms with van der Waals surface area (Å²) in [4.78, 5) is 23.7. The van der Waals surface area contributed by atoms with Gasteiger partial charge in [0.05, 0.1) is 11.1 Å². The molecule has 29 heavy (non-hydrogen) atoms. The molecule has 4 rings (SSSR count).